The highest BCUT2D eigenvalue weighted by molar-refractivity contribution is 5.84. The number of hydrogen-bond acceptors (Lipinski definition) is 4. The average Bonchev–Trinajstić information content (AvgIpc) is 2.29. The van der Waals surface area contributed by atoms with E-state index in [1.807, 2.05) is 19.9 Å². The third-order valence-electron chi connectivity index (χ3n) is 3.14. The molecular formula is C13H13NO4. The topological polar surface area (TPSA) is 73.3 Å². The van der Waals surface area contributed by atoms with Gasteiger partial charge in [0, 0.05) is 10.9 Å². The predicted molar refractivity (Wildman–Crippen MR) is 68.0 cm³/mol. The molecule has 1 aromatic carbocycles. The van der Waals surface area contributed by atoms with Gasteiger partial charge < -0.3 is 4.42 Å². The van der Waals surface area contributed by atoms with Crippen LogP contribution in [-0.2, 0) is 6.42 Å². The van der Waals surface area contributed by atoms with Crippen LogP contribution in [-0.4, -0.2) is 4.92 Å². The van der Waals surface area contributed by atoms with Crippen LogP contribution in [0, 0.1) is 24.0 Å². The van der Waals surface area contributed by atoms with Crippen LogP contribution in [0.15, 0.2) is 21.3 Å². The predicted octanol–water partition coefficient (Wildman–Crippen LogP) is 2.88. The molecule has 0 aliphatic carbocycles. The number of nitrogens with zero attached hydrogens (tertiary/aromatic N) is 1. The first-order chi connectivity index (χ1) is 8.45. The minimum absolute atomic E-state index is 0.408. The number of benzene rings is 1. The second-order valence-corrected chi connectivity index (χ2v) is 4.26. The summed E-state index contributed by atoms with van der Waals surface area (Å²) in [6.45, 7) is 5.61. The third kappa shape index (κ3) is 1.77. The molecule has 2 rings (SSSR count). The molecule has 2 aromatic rings. The van der Waals surface area contributed by atoms with Crippen molar-refractivity contribution in [3.8, 4) is 0 Å². The lowest BCUT2D eigenvalue weighted by atomic mass is 10.0. The number of nitro groups is 1. The van der Waals surface area contributed by atoms with Crippen LogP contribution in [0.25, 0.3) is 11.0 Å². The molecule has 0 aliphatic heterocycles. The fourth-order valence-corrected chi connectivity index (χ4v) is 2.05. The summed E-state index contributed by atoms with van der Waals surface area (Å²) in [6, 6.07) is 3.58. The lowest BCUT2D eigenvalue weighted by Gasteiger charge is -2.07. The summed E-state index contributed by atoms with van der Waals surface area (Å²) in [6.07, 6.45) is 0.418. The maximum atomic E-state index is 11.6. The minimum Gasteiger partial charge on any atom is -0.418 e. The van der Waals surface area contributed by atoms with E-state index >= 15 is 0 Å². The summed E-state index contributed by atoms with van der Waals surface area (Å²) in [7, 11) is 0. The van der Waals surface area contributed by atoms with Crippen LogP contribution in [0.5, 0.6) is 0 Å². The van der Waals surface area contributed by atoms with Crippen molar-refractivity contribution < 1.29 is 9.34 Å². The fraction of sp³-hybridized carbons (Fsp3) is 0.308. The van der Waals surface area contributed by atoms with Gasteiger partial charge in [0.2, 0.25) is 0 Å². The molecule has 0 spiro atoms. The first-order valence-electron chi connectivity index (χ1n) is 5.67. The van der Waals surface area contributed by atoms with Gasteiger partial charge in [-0.25, -0.2) is 4.79 Å². The third-order valence-corrected chi connectivity index (χ3v) is 3.14. The van der Waals surface area contributed by atoms with Gasteiger partial charge in [-0.2, -0.15) is 0 Å². The van der Waals surface area contributed by atoms with Crippen molar-refractivity contribution in [1.82, 2.24) is 0 Å². The van der Waals surface area contributed by atoms with Crippen LogP contribution in [0.3, 0.4) is 0 Å². The molecule has 0 saturated carbocycles. The molecule has 0 unspecified atom stereocenters. The Balaban J connectivity index is 2.99. The van der Waals surface area contributed by atoms with Crippen molar-refractivity contribution in [3.63, 3.8) is 0 Å². The van der Waals surface area contributed by atoms with Crippen LogP contribution < -0.4 is 5.63 Å². The summed E-state index contributed by atoms with van der Waals surface area (Å²) in [5.41, 5.74) is 1.52. The van der Waals surface area contributed by atoms with Gasteiger partial charge >= 0.3 is 11.3 Å². The zero-order valence-electron chi connectivity index (χ0n) is 10.4. The monoisotopic (exact) mass is 247 g/mol. The highest BCUT2D eigenvalue weighted by Gasteiger charge is 2.23. The van der Waals surface area contributed by atoms with Crippen molar-refractivity contribution >= 4 is 16.7 Å². The smallest absolute Gasteiger partial charge is 0.415 e. The molecule has 5 heteroatoms. The highest BCUT2D eigenvalue weighted by atomic mass is 16.6. The summed E-state index contributed by atoms with van der Waals surface area (Å²) < 4.78 is 5.04. The van der Waals surface area contributed by atoms with Crippen molar-refractivity contribution in [1.29, 1.82) is 0 Å². The quantitative estimate of drug-likeness (QED) is 0.464. The first kappa shape index (κ1) is 12.3. The molecule has 1 heterocycles. The zero-order chi connectivity index (χ0) is 13.4. The first-order valence-corrected chi connectivity index (χ1v) is 5.67. The van der Waals surface area contributed by atoms with E-state index in [9.17, 15) is 14.9 Å². The van der Waals surface area contributed by atoms with Crippen LogP contribution in [0.1, 0.15) is 23.6 Å². The zero-order valence-corrected chi connectivity index (χ0v) is 10.4. The molecule has 0 fully saturated rings. The standard InChI is InChI=1S/C13H13NO4/c1-4-9-10-5-7(2)8(3)6-11(10)18-13(15)12(9)14(16)17/h5-6H,4H2,1-3H3. The largest absolute Gasteiger partial charge is 0.418 e. The Kier molecular flexibility index (Phi) is 2.90. The Hall–Kier alpha value is -2.17. The van der Waals surface area contributed by atoms with Crippen LogP contribution in [0.2, 0.25) is 0 Å². The van der Waals surface area contributed by atoms with Gasteiger partial charge in [0.25, 0.3) is 0 Å². The highest BCUT2D eigenvalue weighted by Crippen LogP contribution is 2.27. The second-order valence-electron chi connectivity index (χ2n) is 4.26. The van der Waals surface area contributed by atoms with E-state index in [0.29, 0.717) is 23.0 Å². The van der Waals surface area contributed by atoms with Crippen molar-refractivity contribution in [2.24, 2.45) is 0 Å². The minimum atomic E-state index is -0.882. The molecule has 1 aromatic heterocycles. The van der Waals surface area contributed by atoms with Gasteiger partial charge in [-0.05, 0) is 43.5 Å². The molecule has 0 amide bonds. The van der Waals surface area contributed by atoms with E-state index in [2.05, 4.69) is 0 Å². The Morgan fingerprint density at radius 3 is 2.44 bits per heavy atom. The van der Waals surface area contributed by atoms with Gasteiger partial charge in [-0.1, -0.05) is 6.92 Å². The van der Waals surface area contributed by atoms with E-state index in [0.717, 1.165) is 11.1 Å². The lowest BCUT2D eigenvalue weighted by molar-refractivity contribution is -0.387. The van der Waals surface area contributed by atoms with E-state index < -0.39 is 16.2 Å². The Labute approximate surface area is 103 Å². The van der Waals surface area contributed by atoms with E-state index in [4.69, 9.17) is 4.42 Å². The maximum absolute atomic E-state index is 11.6. The van der Waals surface area contributed by atoms with Gasteiger partial charge in [0.05, 0.1) is 4.92 Å². The van der Waals surface area contributed by atoms with Gasteiger partial charge in [0.15, 0.2) is 0 Å². The molecule has 18 heavy (non-hydrogen) atoms. The number of fused-ring (bicyclic) bond motifs is 1. The molecule has 0 aliphatic rings. The Bertz CT molecular complexity index is 700. The number of aryl methyl sites for hydroxylation is 3. The molecular weight excluding hydrogens is 234 g/mol. The van der Waals surface area contributed by atoms with Gasteiger partial charge in [0.1, 0.15) is 5.58 Å². The molecule has 0 radical (unpaired) electrons. The van der Waals surface area contributed by atoms with Crippen molar-refractivity contribution in [2.45, 2.75) is 27.2 Å². The second kappa shape index (κ2) is 4.25. The van der Waals surface area contributed by atoms with Gasteiger partial charge in [-0.3, -0.25) is 10.1 Å². The van der Waals surface area contributed by atoms with Gasteiger partial charge in [-0.15, -0.1) is 0 Å². The SMILES string of the molecule is CCc1c([N+](=O)[O-])c(=O)oc2cc(C)c(C)cc12. The van der Waals surface area contributed by atoms with Crippen molar-refractivity contribution in [3.05, 3.63) is 49.4 Å². The normalized spacial score (nSPS) is 10.8. The summed E-state index contributed by atoms with van der Waals surface area (Å²) in [4.78, 5) is 21.9. The Morgan fingerprint density at radius 2 is 1.89 bits per heavy atom. The molecule has 0 saturated heterocycles. The lowest BCUT2D eigenvalue weighted by Crippen LogP contribution is -2.10. The average molecular weight is 247 g/mol. The maximum Gasteiger partial charge on any atom is 0.415 e. The summed E-state index contributed by atoms with van der Waals surface area (Å²) >= 11 is 0. The molecule has 0 N–H and O–H groups in total. The van der Waals surface area contributed by atoms with Crippen LogP contribution >= 0.6 is 0 Å². The molecule has 0 atom stereocenters. The number of hydrogen-bond donors (Lipinski definition) is 0. The van der Waals surface area contributed by atoms with E-state index in [1.165, 1.54) is 0 Å². The molecule has 0 bridgehead atoms. The molecule has 5 nitrogen and oxygen atoms in total. The summed E-state index contributed by atoms with van der Waals surface area (Å²) in [5, 5.41) is 11.6. The van der Waals surface area contributed by atoms with E-state index in [-0.39, 0.29) is 0 Å². The van der Waals surface area contributed by atoms with Crippen molar-refractivity contribution in [2.75, 3.05) is 0 Å². The Morgan fingerprint density at radius 1 is 1.28 bits per heavy atom. The van der Waals surface area contributed by atoms with Crippen LogP contribution in [0.4, 0.5) is 5.69 Å². The number of rotatable bonds is 2. The summed E-state index contributed by atoms with van der Waals surface area (Å²) in [5.74, 6) is 0. The molecule has 94 valence electrons. The fourth-order valence-electron chi connectivity index (χ4n) is 2.05. The van der Waals surface area contributed by atoms with E-state index in [1.54, 1.807) is 13.0 Å².